The summed E-state index contributed by atoms with van der Waals surface area (Å²) in [5.74, 6) is 1.98. The third-order valence-electron chi connectivity index (χ3n) is 3.34. The lowest BCUT2D eigenvalue weighted by Crippen LogP contribution is -1.84. The molecular formula is C15H16OS2. The van der Waals surface area contributed by atoms with Crippen molar-refractivity contribution in [3.63, 3.8) is 0 Å². The van der Waals surface area contributed by atoms with E-state index in [1.165, 1.54) is 29.0 Å². The fourth-order valence-electron chi connectivity index (χ4n) is 2.32. The van der Waals surface area contributed by atoms with Crippen LogP contribution in [0, 0.1) is 0 Å². The molecule has 0 radical (unpaired) electrons. The number of methoxy groups -OCH3 is 1. The van der Waals surface area contributed by atoms with E-state index in [-0.39, 0.29) is 0 Å². The van der Waals surface area contributed by atoms with Crippen molar-refractivity contribution in [3.8, 4) is 5.75 Å². The minimum absolute atomic E-state index is 0.931. The Balaban J connectivity index is 1.66. The minimum atomic E-state index is 0.931. The average molecular weight is 276 g/mol. The lowest BCUT2D eigenvalue weighted by atomic mass is 10.2. The van der Waals surface area contributed by atoms with Crippen LogP contribution >= 0.6 is 23.1 Å². The third kappa shape index (κ3) is 2.43. The molecule has 94 valence electrons. The van der Waals surface area contributed by atoms with Crippen LogP contribution in [0.3, 0.4) is 0 Å². The summed E-state index contributed by atoms with van der Waals surface area (Å²) in [5, 5.41) is 2.35. The lowest BCUT2D eigenvalue weighted by Gasteiger charge is -2.03. The summed E-state index contributed by atoms with van der Waals surface area (Å²) in [5.41, 5.74) is 4.58. The van der Waals surface area contributed by atoms with Gasteiger partial charge in [-0.05, 0) is 53.5 Å². The number of aryl methyl sites for hydroxylation is 1. The van der Waals surface area contributed by atoms with Gasteiger partial charge in [0.15, 0.2) is 0 Å². The molecule has 0 aliphatic heterocycles. The zero-order valence-electron chi connectivity index (χ0n) is 10.4. The maximum Gasteiger partial charge on any atom is 0.118 e. The van der Waals surface area contributed by atoms with E-state index < -0.39 is 0 Å². The molecule has 3 heteroatoms. The first kappa shape index (κ1) is 12.1. The Labute approximate surface area is 116 Å². The summed E-state index contributed by atoms with van der Waals surface area (Å²) in [6.45, 7) is 0. The highest BCUT2D eigenvalue weighted by molar-refractivity contribution is 8.00. The van der Waals surface area contributed by atoms with Crippen molar-refractivity contribution < 1.29 is 4.74 Å². The number of benzene rings is 1. The van der Waals surface area contributed by atoms with E-state index in [4.69, 9.17) is 4.74 Å². The maximum absolute atomic E-state index is 5.18. The van der Waals surface area contributed by atoms with Crippen LogP contribution in [-0.2, 0) is 18.6 Å². The van der Waals surface area contributed by atoms with Gasteiger partial charge in [0.25, 0.3) is 0 Å². The first-order valence-electron chi connectivity index (χ1n) is 6.22. The molecule has 0 N–H and O–H groups in total. The van der Waals surface area contributed by atoms with E-state index >= 15 is 0 Å². The van der Waals surface area contributed by atoms with Crippen LogP contribution in [0.4, 0.5) is 0 Å². The fraction of sp³-hybridized carbons (Fsp3) is 0.333. The smallest absolute Gasteiger partial charge is 0.118 e. The van der Waals surface area contributed by atoms with Crippen molar-refractivity contribution in [1.82, 2.24) is 0 Å². The third-order valence-corrected chi connectivity index (χ3v) is 5.84. The van der Waals surface area contributed by atoms with Crippen LogP contribution in [0.1, 0.15) is 23.1 Å². The molecule has 18 heavy (non-hydrogen) atoms. The summed E-state index contributed by atoms with van der Waals surface area (Å²) < 4.78 is 6.70. The molecule has 3 rings (SSSR count). The number of hydrogen-bond donors (Lipinski definition) is 0. The molecule has 1 aliphatic carbocycles. The van der Waals surface area contributed by atoms with Crippen LogP contribution in [0.25, 0.3) is 0 Å². The topological polar surface area (TPSA) is 9.23 Å². The van der Waals surface area contributed by atoms with E-state index in [9.17, 15) is 0 Å². The largest absolute Gasteiger partial charge is 0.497 e. The van der Waals surface area contributed by atoms with Crippen molar-refractivity contribution in [2.45, 2.75) is 29.2 Å². The van der Waals surface area contributed by atoms with Crippen molar-refractivity contribution in [2.75, 3.05) is 7.11 Å². The monoisotopic (exact) mass is 276 g/mol. The minimum Gasteiger partial charge on any atom is -0.497 e. The second kappa shape index (κ2) is 5.37. The predicted octanol–water partition coefficient (Wildman–Crippen LogP) is 4.54. The summed E-state index contributed by atoms with van der Waals surface area (Å²) in [6.07, 6.45) is 3.91. The van der Waals surface area contributed by atoms with Gasteiger partial charge in [-0.2, -0.15) is 0 Å². The summed E-state index contributed by atoms with van der Waals surface area (Å²) in [7, 11) is 1.71. The zero-order chi connectivity index (χ0) is 12.4. The van der Waals surface area contributed by atoms with Gasteiger partial charge in [-0.3, -0.25) is 0 Å². The van der Waals surface area contributed by atoms with Crippen molar-refractivity contribution in [3.05, 3.63) is 46.3 Å². The lowest BCUT2D eigenvalue weighted by molar-refractivity contribution is 0.414. The molecule has 0 saturated carbocycles. The average Bonchev–Trinajstić information content (AvgIpc) is 3.00. The van der Waals surface area contributed by atoms with Crippen LogP contribution in [0.2, 0.25) is 0 Å². The van der Waals surface area contributed by atoms with Crippen molar-refractivity contribution in [1.29, 1.82) is 0 Å². The molecule has 0 fully saturated rings. The normalized spacial score (nSPS) is 13.6. The van der Waals surface area contributed by atoms with E-state index in [0.717, 1.165) is 11.5 Å². The molecule has 0 unspecified atom stereocenters. The Morgan fingerprint density at radius 3 is 2.83 bits per heavy atom. The quantitative estimate of drug-likeness (QED) is 0.758. The highest BCUT2D eigenvalue weighted by Crippen LogP contribution is 2.38. The van der Waals surface area contributed by atoms with Gasteiger partial charge in [-0.15, -0.1) is 23.1 Å². The van der Waals surface area contributed by atoms with Crippen LogP contribution < -0.4 is 4.74 Å². The Bertz CT molecular complexity index is 528. The van der Waals surface area contributed by atoms with Gasteiger partial charge in [0.2, 0.25) is 0 Å². The molecule has 1 aliphatic rings. The van der Waals surface area contributed by atoms with Gasteiger partial charge in [0.1, 0.15) is 5.75 Å². The summed E-state index contributed by atoms with van der Waals surface area (Å²) >= 11 is 3.89. The first-order valence-corrected chi connectivity index (χ1v) is 8.08. The Hall–Kier alpha value is -0.930. The molecule has 0 bridgehead atoms. The Kier molecular flexibility index (Phi) is 3.62. The van der Waals surface area contributed by atoms with Gasteiger partial charge >= 0.3 is 0 Å². The van der Waals surface area contributed by atoms with Gasteiger partial charge in [0.05, 0.1) is 11.3 Å². The number of rotatable bonds is 4. The van der Waals surface area contributed by atoms with Crippen molar-refractivity contribution >= 4 is 23.1 Å². The van der Waals surface area contributed by atoms with E-state index in [1.807, 2.05) is 35.2 Å². The molecule has 0 spiro atoms. The Morgan fingerprint density at radius 1 is 1.22 bits per heavy atom. The van der Waals surface area contributed by atoms with Gasteiger partial charge in [0, 0.05) is 5.75 Å². The molecule has 1 aromatic carbocycles. The fourth-order valence-corrected chi connectivity index (χ4v) is 4.69. The van der Waals surface area contributed by atoms with Gasteiger partial charge < -0.3 is 4.74 Å². The Morgan fingerprint density at radius 2 is 2.06 bits per heavy atom. The molecular weight excluding hydrogens is 260 g/mol. The first-order chi connectivity index (χ1) is 8.86. The molecule has 1 heterocycles. The van der Waals surface area contributed by atoms with E-state index in [2.05, 4.69) is 17.5 Å². The van der Waals surface area contributed by atoms with Crippen LogP contribution in [-0.4, -0.2) is 7.11 Å². The molecule has 1 aromatic heterocycles. The molecule has 0 amide bonds. The number of fused-ring (bicyclic) bond motifs is 1. The number of ether oxygens (including phenoxy) is 1. The zero-order valence-corrected chi connectivity index (χ0v) is 12.1. The molecule has 0 atom stereocenters. The second-order valence-electron chi connectivity index (χ2n) is 4.52. The molecule has 0 saturated heterocycles. The number of thiophene rings is 1. The summed E-state index contributed by atoms with van der Waals surface area (Å²) in [6, 6.07) is 8.38. The maximum atomic E-state index is 5.18. The van der Waals surface area contributed by atoms with Gasteiger partial charge in [-0.1, -0.05) is 12.1 Å². The predicted molar refractivity (Wildman–Crippen MR) is 78.9 cm³/mol. The standard InChI is InChI=1S/C15H16OS2/c1-16-13-7-5-11(6-8-13)9-17-15-14-4-2-3-12(14)10-18-15/h5-8,10H,2-4,9H2,1H3. The van der Waals surface area contributed by atoms with Crippen molar-refractivity contribution in [2.24, 2.45) is 0 Å². The van der Waals surface area contributed by atoms with Crippen LogP contribution in [0.15, 0.2) is 33.9 Å². The SMILES string of the molecule is COc1ccc(CSc2scc3c2CCC3)cc1. The van der Waals surface area contributed by atoms with E-state index in [1.54, 1.807) is 18.2 Å². The highest BCUT2D eigenvalue weighted by atomic mass is 32.2. The van der Waals surface area contributed by atoms with Gasteiger partial charge in [-0.25, -0.2) is 0 Å². The molecule has 2 aromatic rings. The highest BCUT2D eigenvalue weighted by Gasteiger charge is 2.17. The number of thioether (sulfide) groups is 1. The molecule has 1 nitrogen and oxygen atoms in total. The second-order valence-corrected chi connectivity index (χ2v) is 6.64. The van der Waals surface area contributed by atoms with Crippen LogP contribution in [0.5, 0.6) is 5.75 Å². The number of hydrogen-bond acceptors (Lipinski definition) is 3. The van der Waals surface area contributed by atoms with E-state index in [0.29, 0.717) is 0 Å². The summed E-state index contributed by atoms with van der Waals surface area (Å²) in [4.78, 5) is 0.